The molecule has 0 radical (unpaired) electrons. The van der Waals surface area contributed by atoms with Crippen LogP contribution in [0.2, 0.25) is 0 Å². The minimum absolute atomic E-state index is 0.0217. The van der Waals surface area contributed by atoms with Crippen LogP contribution in [-0.2, 0) is 4.79 Å². The van der Waals surface area contributed by atoms with Gasteiger partial charge in [0.25, 0.3) is 0 Å². The van der Waals surface area contributed by atoms with E-state index in [0.717, 1.165) is 5.69 Å². The van der Waals surface area contributed by atoms with E-state index in [1.165, 1.54) is 0 Å². The molecule has 1 aliphatic heterocycles. The van der Waals surface area contributed by atoms with E-state index in [-0.39, 0.29) is 11.3 Å². The Morgan fingerprint density at radius 1 is 1.35 bits per heavy atom. The average molecular weight is 256 g/mol. The molecule has 0 aromatic heterocycles. The zero-order valence-corrected chi connectivity index (χ0v) is 10.5. The van der Waals surface area contributed by atoms with Gasteiger partial charge in [-0.2, -0.15) is 0 Å². The van der Waals surface area contributed by atoms with Crippen LogP contribution in [0.3, 0.4) is 0 Å². The molecule has 1 aliphatic rings. The van der Waals surface area contributed by atoms with Gasteiger partial charge in [0.2, 0.25) is 5.91 Å². The second kappa shape index (κ2) is 4.84. The number of amides is 1. The van der Waals surface area contributed by atoms with Crippen LogP contribution in [0, 0.1) is 0 Å². The zero-order valence-electron chi connectivity index (χ0n) is 9.77. The summed E-state index contributed by atoms with van der Waals surface area (Å²) in [5.74, 6) is 1.33. The highest BCUT2D eigenvalue weighted by atomic mass is 35.5. The molecular formula is C12H14ClNO3. The molecule has 0 N–H and O–H groups in total. The fraction of sp³-hybridized carbons (Fsp3) is 0.417. The van der Waals surface area contributed by atoms with Crippen LogP contribution in [0.15, 0.2) is 18.2 Å². The predicted molar refractivity (Wildman–Crippen MR) is 66.2 cm³/mol. The monoisotopic (exact) mass is 255 g/mol. The quantitative estimate of drug-likeness (QED) is 0.776. The number of halogens is 1. The summed E-state index contributed by atoms with van der Waals surface area (Å²) in [6, 6.07) is 5.36. The maximum Gasteiger partial charge on any atom is 0.228 e. The number of benzene rings is 1. The van der Waals surface area contributed by atoms with Crippen molar-refractivity contribution in [1.29, 1.82) is 0 Å². The van der Waals surface area contributed by atoms with Gasteiger partial charge in [-0.25, -0.2) is 0 Å². The van der Waals surface area contributed by atoms with Crippen molar-refractivity contribution < 1.29 is 14.3 Å². The highest BCUT2D eigenvalue weighted by Gasteiger charge is 2.30. The normalized spacial score (nSPS) is 19.6. The maximum atomic E-state index is 11.8. The lowest BCUT2D eigenvalue weighted by Gasteiger charge is -2.19. The topological polar surface area (TPSA) is 38.8 Å². The van der Waals surface area contributed by atoms with Gasteiger partial charge >= 0.3 is 0 Å². The molecule has 1 aromatic rings. The Balaban J connectivity index is 2.35. The van der Waals surface area contributed by atoms with Crippen molar-refractivity contribution in [2.45, 2.75) is 11.8 Å². The van der Waals surface area contributed by atoms with Gasteiger partial charge in [0, 0.05) is 19.0 Å². The molecule has 1 heterocycles. The second-order valence-corrected chi connectivity index (χ2v) is 4.46. The third-order valence-electron chi connectivity index (χ3n) is 2.76. The first kappa shape index (κ1) is 12.0. The molecule has 1 atom stereocenters. The van der Waals surface area contributed by atoms with Crippen LogP contribution in [0.1, 0.15) is 6.42 Å². The molecule has 4 nitrogen and oxygen atoms in total. The van der Waals surface area contributed by atoms with Gasteiger partial charge < -0.3 is 14.4 Å². The van der Waals surface area contributed by atoms with E-state index in [4.69, 9.17) is 21.1 Å². The molecule has 92 valence electrons. The number of rotatable bonds is 3. The summed E-state index contributed by atoms with van der Waals surface area (Å²) >= 11 is 5.98. The highest BCUT2D eigenvalue weighted by molar-refractivity contribution is 6.24. The van der Waals surface area contributed by atoms with Crippen LogP contribution in [-0.4, -0.2) is 32.0 Å². The molecule has 0 bridgehead atoms. The Kier molecular flexibility index (Phi) is 3.43. The zero-order chi connectivity index (χ0) is 12.4. The fourth-order valence-electron chi connectivity index (χ4n) is 1.90. The third kappa shape index (κ3) is 2.31. The van der Waals surface area contributed by atoms with E-state index >= 15 is 0 Å². The first-order valence-corrected chi connectivity index (χ1v) is 5.76. The summed E-state index contributed by atoms with van der Waals surface area (Å²) in [6.45, 7) is 0.517. The van der Waals surface area contributed by atoms with Gasteiger partial charge in [-0.05, 0) is 12.1 Å². The lowest BCUT2D eigenvalue weighted by molar-refractivity contribution is -0.117. The largest absolute Gasteiger partial charge is 0.497 e. The maximum absolute atomic E-state index is 11.8. The van der Waals surface area contributed by atoms with Crippen LogP contribution >= 0.6 is 11.6 Å². The molecule has 1 fully saturated rings. The minimum atomic E-state index is -0.130. The van der Waals surface area contributed by atoms with E-state index in [1.54, 1.807) is 31.3 Å². The number of carbonyl (C=O) groups is 1. The van der Waals surface area contributed by atoms with Gasteiger partial charge in [-0.1, -0.05) is 0 Å². The van der Waals surface area contributed by atoms with Crippen LogP contribution in [0.5, 0.6) is 11.5 Å². The second-order valence-electron chi connectivity index (χ2n) is 3.84. The van der Waals surface area contributed by atoms with Crippen LogP contribution in [0.25, 0.3) is 0 Å². The summed E-state index contributed by atoms with van der Waals surface area (Å²) in [5, 5.41) is -0.130. The molecule has 0 saturated carbocycles. The van der Waals surface area contributed by atoms with E-state index < -0.39 is 0 Å². The first-order valence-electron chi connectivity index (χ1n) is 5.32. The fourth-order valence-corrected chi connectivity index (χ4v) is 2.17. The summed E-state index contributed by atoms with van der Waals surface area (Å²) < 4.78 is 10.4. The average Bonchev–Trinajstić information content (AvgIpc) is 2.67. The Labute approximate surface area is 105 Å². The standard InChI is InChI=1S/C12H14ClNO3/c1-16-9-3-4-10(11(6-9)17-2)14-7-8(13)5-12(14)15/h3-4,6,8H,5,7H2,1-2H3. The Bertz CT molecular complexity index is 436. The van der Waals surface area contributed by atoms with Crippen molar-refractivity contribution in [1.82, 2.24) is 0 Å². The molecule has 0 aliphatic carbocycles. The van der Waals surface area contributed by atoms with E-state index in [2.05, 4.69) is 0 Å². The minimum Gasteiger partial charge on any atom is -0.497 e. The SMILES string of the molecule is COc1ccc(N2CC(Cl)CC2=O)c(OC)c1. The summed E-state index contributed by atoms with van der Waals surface area (Å²) in [4.78, 5) is 13.4. The number of methoxy groups -OCH3 is 2. The van der Waals surface area contributed by atoms with Gasteiger partial charge in [-0.3, -0.25) is 4.79 Å². The van der Waals surface area contributed by atoms with Crippen molar-refractivity contribution >= 4 is 23.2 Å². The lowest BCUT2D eigenvalue weighted by atomic mass is 10.2. The van der Waals surface area contributed by atoms with E-state index in [9.17, 15) is 4.79 Å². The number of hydrogen-bond acceptors (Lipinski definition) is 3. The molecular weight excluding hydrogens is 242 g/mol. The molecule has 1 aromatic carbocycles. The predicted octanol–water partition coefficient (Wildman–Crippen LogP) is 2.05. The van der Waals surface area contributed by atoms with Crippen LogP contribution in [0.4, 0.5) is 5.69 Å². The van der Waals surface area contributed by atoms with Gasteiger partial charge in [0.15, 0.2) is 0 Å². The lowest BCUT2D eigenvalue weighted by Crippen LogP contribution is -2.25. The molecule has 1 unspecified atom stereocenters. The Hall–Kier alpha value is -1.42. The van der Waals surface area contributed by atoms with Gasteiger partial charge in [-0.15, -0.1) is 11.6 Å². The first-order chi connectivity index (χ1) is 8.15. The smallest absolute Gasteiger partial charge is 0.228 e. The number of ether oxygens (including phenoxy) is 2. The molecule has 0 spiro atoms. The molecule has 5 heteroatoms. The van der Waals surface area contributed by atoms with Crippen LogP contribution < -0.4 is 14.4 Å². The Morgan fingerprint density at radius 2 is 2.12 bits per heavy atom. The van der Waals surface area contributed by atoms with E-state index in [0.29, 0.717) is 24.5 Å². The number of nitrogens with zero attached hydrogens (tertiary/aromatic N) is 1. The molecule has 2 rings (SSSR count). The van der Waals surface area contributed by atoms with Gasteiger partial charge in [0.05, 0.1) is 25.3 Å². The van der Waals surface area contributed by atoms with Crippen molar-refractivity contribution in [3.63, 3.8) is 0 Å². The summed E-state index contributed by atoms with van der Waals surface area (Å²) in [5.41, 5.74) is 0.737. The third-order valence-corrected chi connectivity index (χ3v) is 3.05. The number of carbonyl (C=O) groups excluding carboxylic acids is 1. The van der Waals surface area contributed by atoms with Crippen molar-refractivity contribution in [2.24, 2.45) is 0 Å². The summed E-state index contributed by atoms with van der Waals surface area (Å²) in [6.07, 6.45) is 0.372. The van der Waals surface area contributed by atoms with Gasteiger partial charge in [0.1, 0.15) is 11.5 Å². The molecule has 17 heavy (non-hydrogen) atoms. The summed E-state index contributed by atoms with van der Waals surface area (Å²) in [7, 11) is 3.15. The number of alkyl halides is 1. The number of anilines is 1. The molecule has 1 saturated heterocycles. The molecule has 1 amide bonds. The van der Waals surface area contributed by atoms with Crippen molar-refractivity contribution in [2.75, 3.05) is 25.7 Å². The van der Waals surface area contributed by atoms with Crippen molar-refractivity contribution in [3.8, 4) is 11.5 Å². The number of hydrogen-bond donors (Lipinski definition) is 0. The highest BCUT2D eigenvalue weighted by Crippen LogP contribution is 2.35. The van der Waals surface area contributed by atoms with Crippen molar-refractivity contribution in [3.05, 3.63) is 18.2 Å². The Morgan fingerprint density at radius 3 is 2.65 bits per heavy atom. The van der Waals surface area contributed by atoms with E-state index in [1.807, 2.05) is 6.07 Å².